The summed E-state index contributed by atoms with van der Waals surface area (Å²) in [7, 11) is 1.80. The molecule has 74 valence electrons. The molecule has 2 N–H and O–H groups in total. The van der Waals surface area contributed by atoms with Gasteiger partial charge in [-0.2, -0.15) is 0 Å². The van der Waals surface area contributed by atoms with Gasteiger partial charge in [0.05, 0.1) is 6.61 Å². The van der Waals surface area contributed by atoms with Gasteiger partial charge in [-0.25, -0.2) is 0 Å². The summed E-state index contributed by atoms with van der Waals surface area (Å²) in [6.45, 7) is 0.764. The van der Waals surface area contributed by atoms with Crippen molar-refractivity contribution in [3.8, 4) is 5.75 Å². The van der Waals surface area contributed by atoms with Gasteiger partial charge in [0, 0.05) is 24.7 Å². The molecule has 0 atom stereocenters. The van der Waals surface area contributed by atoms with Gasteiger partial charge < -0.3 is 15.4 Å². The van der Waals surface area contributed by atoms with E-state index in [0.717, 1.165) is 24.5 Å². The summed E-state index contributed by atoms with van der Waals surface area (Å²) in [5.74, 6) is 0.967. The van der Waals surface area contributed by atoms with Crippen LogP contribution in [0.2, 0.25) is 0 Å². The largest absolute Gasteiger partial charge is 0.493 e. The molecule has 2 rings (SSSR count). The zero-order valence-corrected chi connectivity index (χ0v) is 8.78. The van der Waals surface area contributed by atoms with Crippen molar-refractivity contribution in [2.24, 2.45) is 0 Å². The molecule has 0 spiro atoms. The maximum atomic E-state index is 5.45. The predicted octanol–water partition coefficient (Wildman–Crippen LogP) is 1.54. The van der Waals surface area contributed by atoms with Gasteiger partial charge in [-0.3, -0.25) is 0 Å². The van der Waals surface area contributed by atoms with E-state index in [2.05, 4.69) is 10.6 Å². The maximum absolute atomic E-state index is 5.45. The third-order valence-electron chi connectivity index (χ3n) is 2.22. The smallest absolute Gasteiger partial charge is 0.170 e. The molecule has 0 radical (unpaired) electrons. The number of thiocarbonyl (C=S) groups is 1. The fraction of sp³-hybridized carbons (Fsp3) is 0.300. The molecule has 1 aromatic rings. The average molecular weight is 208 g/mol. The predicted molar refractivity (Wildman–Crippen MR) is 60.9 cm³/mol. The molecular weight excluding hydrogens is 196 g/mol. The Labute approximate surface area is 88.5 Å². The summed E-state index contributed by atoms with van der Waals surface area (Å²) in [5, 5.41) is 6.65. The summed E-state index contributed by atoms with van der Waals surface area (Å²) < 4.78 is 5.45. The first-order valence-electron chi connectivity index (χ1n) is 4.54. The van der Waals surface area contributed by atoms with Gasteiger partial charge in [-0.05, 0) is 24.4 Å². The van der Waals surface area contributed by atoms with Crippen LogP contribution < -0.4 is 15.4 Å². The van der Waals surface area contributed by atoms with Crippen molar-refractivity contribution in [1.29, 1.82) is 0 Å². The normalized spacial score (nSPS) is 12.9. The monoisotopic (exact) mass is 208 g/mol. The lowest BCUT2D eigenvalue weighted by molar-refractivity contribution is 0.357. The Balaban J connectivity index is 2.26. The highest BCUT2D eigenvalue weighted by Crippen LogP contribution is 2.31. The molecule has 1 aliphatic rings. The Morgan fingerprint density at radius 1 is 1.50 bits per heavy atom. The molecule has 0 saturated heterocycles. The Kier molecular flexibility index (Phi) is 2.54. The minimum Gasteiger partial charge on any atom is -0.493 e. The zero-order valence-electron chi connectivity index (χ0n) is 7.96. The van der Waals surface area contributed by atoms with E-state index in [0.29, 0.717) is 5.11 Å². The topological polar surface area (TPSA) is 33.3 Å². The van der Waals surface area contributed by atoms with Crippen molar-refractivity contribution < 1.29 is 4.74 Å². The van der Waals surface area contributed by atoms with Crippen LogP contribution in [0.25, 0.3) is 0 Å². The lowest BCUT2D eigenvalue weighted by Crippen LogP contribution is -2.24. The Hall–Kier alpha value is -1.29. The van der Waals surface area contributed by atoms with Crippen LogP contribution in [0.1, 0.15) is 5.56 Å². The second-order valence-corrected chi connectivity index (χ2v) is 3.49. The van der Waals surface area contributed by atoms with Crippen molar-refractivity contribution >= 4 is 23.0 Å². The average Bonchev–Trinajstić information content (AvgIpc) is 2.66. The third-order valence-corrected chi connectivity index (χ3v) is 2.52. The number of anilines is 1. The molecule has 1 aromatic carbocycles. The molecule has 0 bridgehead atoms. The molecule has 1 heterocycles. The molecule has 0 aromatic heterocycles. The highest BCUT2D eigenvalue weighted by atomic mass is 32.1. The van der Waals surface area contributed by atoms with Crippen LogP contribution in [0.4, 0.5) is 5.69 Å². The van der Waals surface area contributed by atoms with E-state index in [1.54, 1.807) is 7.05 Å². The number of hydrogen-bond donors (Lipinski definition) is 2. The second-order valence-electron chi connectivity index (χ2n) is 3.08. The summed E-state index contributed by atoms with van der Waals surface area (Å²) in [6, 6.07) is 5.96. The summed E-state index contributed by atoms with van der Waals surface area (Å²) >= 11 is 5.05. The van der Waals surface area contributed by atoms with Crippen LogP contribution in [0, 0.1) is 0 Å². The first kappa shape index (κ1) is 9.27. The van der Waals surface area contributed by atoms with Gasteiger partial charge in [0.2, 0.25) is 0 Å². The van der Waals surface area contributed by atoms with Crippen molar-refractivity contribution in [1.82, 2.24) is 5.32 Å². The van der Waals surface area contributed by atoms with Crippen LogP contribution in [-0.2, 0) is 6.42 Å². The Morgan fingerprint density at radius 2 is 2.36 bits per heavy atom. The van der Waals surface area contributed by atoms with Crippen molar-refractivity contribution in [3.05, 3.63) is 23.8 Å². The number of nitrogens with one attached hydrogen (secondary N) is 2. The lowest BCUT2D eigenvalue weighted by atomic mass is 10.1. The molecule has 14 heavy (non-hydrogen) atoms. The van der Waals surface area contributed by atoms with E-state index < -0.39 is 0 Å². The molecule has 0 fully saturated rings. The van der Waals surface area contributed by atoms with Crippen LogP contribution >= 0.6 is 12.2 Å². The second kappa shape index (κ2) is 3.84. The van der Waals surface area contributed by atoms with Crippen LogP contribution in [-0.4, -0.2) is 18.8 Å². The Bertz CT molecular complexity index is 365. The van der Waals surface area contributed by atoms with Crippen molar-refractivity contribution in [2.45, 2.75) is 6.42 Å². The number of rotatable bonds is 1. The lowest BCUT2D eigenvalue weighted by Gasteiger charge is -2.10. The fourth-order valence-electron chi connectivity index (χ4n) is 1.52. The minimum absolute atomic E-state index is 0.630. The van der Waals surface area contributed by atoms with Crippen molar-refractivity contribution in [3.63, 3.8) is 0 Å². The van der Waals surface area contributed by atoms with E-state index in [4.69, 9.17) is 17.0 Å². The van der Waals surface area contributed by atoms with E-state index in [9.17, 15) is 0 Å². The zero-order chi connectivity index (χ0) is 9.97. The number of hydrogen-bond acceptors (Lipinski definition) is 2. The molecule has 0 amide bonds. The first-order valence-corrected chi connectivity index (χ1v) is 4.95. The Morgan fingerprint density at radius 3 is 3.14 bits per heavy atom. The molecule has 1 aliphatic heterocycles. The van der Waals surface area contributed by atoms with Gasteiger partial charge in [-0.15, -0.1) is 0 Å². The standard InChI is InChI=1S/C10H12N2OS/c1-11-10(14)12-8-3-2-4-9-7(8)5-6-13-9/h2-4H,5-6H2,1H3,(H2,11,12,14). The highest BCUT2D eigenvalue weighted by Gasteiger charge is 2.15. The van der Waals surface area contributed by atoms with E-state index in [1.807, 2.05) is 18.2 Å². The van der Waals surface area contributed by atoms with Crippen LogP contribution in [0.15, 0.2) is 18.2 Å². The van der Waals surface area contributed by atoms with Gasteiger partial charge in [-0.1, -0.05) is 6.07 Å². The summed E-state index contributed by atoms with van der Waals surface area (Å²) in [6.07, 6.45) is 0.949. The van der Waals surface area contributed by atoms with Crippen molar-refractivity contribution in [2.75, 3.05) is 19.0 Å². The number of ether oxygens (including phenoxy) is 1. The van der Waals surface area contributed by atoms with Crippen LogP contribution in [0.3, 0.4) is 0 Å². The first-order chi connectivity index (χ1) is 6.81. The third kappa shape index (κ3) is 1.65. The van der Waals surface area contributed by atoms with Gasteiger partial charge in [0.15, 0.2) is 5.11 Å². The molecular formula is C10H12N2OS. The number of benzene rings is 1. The highest BCUT2D eigenvalue weighted by molar-refractivity contribution is 7.80. The minimum atomic E-state index is 0.630. The SMILES string of the molecule is CNC(=S)Nc1cccc2c1CCO2. The summed E-state index contributed by atoms with van der Waals surface area (Å²) in [5.41, 5.74) is 2.25. The summed E-state index contributed by atoms with van der Waals surface area (Å²) in [4.78, 5) is 0. The maximum Gasteiger partial charge on any atom is 0.170 e. The van der Waals surface area contributed by atoms with E-state index in [-0.39, 0.29) is 0 Å². The molecule has 0 unspecified atom stereocenters. The van der Waals surface area contributed by atoms with E-state index >= 15 is 0 Å². The quantitative estimate of drug-likeness (QED) is 0.686. The molecule has 3 nitrogen and oxygen atoms in total. The molecule has 0 aliphatic carbocycles. The van der Waals surface area contributed by atoms with E-state index in [1.165, 1.54) is 5.56 Å². The van der Waals surface area contributed by atoms with Gasteiger partial charge >= 0.3 is 0 Å². The molecule has 4 heteroatoms. The van der Waals surface area contributed by atoms with Crippen LogP contribution in [0.5, 0.6) is 5.75 Å². The van der Waals surface area contributed by atoms with Gasteiger partial charge in [0.25, 0.3) is 0 Å². The fourth-order valence-corrected chi connectivity index (χ4v) is 1.63. The molecule has 0 saturated carbocycles. The number of fused-ring (bicyclic) bond motifs is 1. The van der Waals surface area contributed by atoms with Gasteiger partial charge in [0.1, 0.15) is 5.75 Å².